The number of likely N-dealkylation sites (N-methyl/N-ethyl adjacent to an activating group) is 1. The first-order valence-electron chi connectivity index (χ1n) is 16.9. The van der Waals surface area contributed by atoms with Gasteiger partial charge < -0.3 is 26.4 Å². The van der Waals surface area contributed by atoms with Gasteiger partial charge in [-0.3, -0.25) is 9.59 Å². The highest BCUT2D eigenvalue weighted by Crippen LogP contribution is 2.45. The fraction of sp³-hybridized carbons (Fsp3) is 0.500. The number of halogens is 2. The Bertz CT molecular complexity index is 1590. The Morgan fingerprint density at radius 1 is 1.00 bits per heavy atom. The molecule has 3 rings (SSSR count). The van der Waals surface area contributed by atoms with Crippen molar-refractivity contribution in [3.63, 3.8) is 0 Å². The molecule has 0 aliphatic heterocycles. The number of aryl methyl sites for hydroxylation is 1. The van der Waals surface area contributed by atoms with E-state index in [-0.39, 0.29) is 42.0 Å². The second kappa shape index (κ2) is 18.5. The van der Waals surface area contributed by atoms with Gasteiger partial charge in [0.15, 0.2) is 0 Å². The molecule has 0 spiro atoms. The van der Waals surface area contributed by atoms with Crippen molar-refractivity contribution in [1.29, 1.82) is 0 Å². The number of nitrogens with zero attached hydrogens (tertiary/aromatic N) is 1. The first-order valence-corrected chi connectivity index (χ1v) is 18.4. The van der Waals surface area contributed by atoms with Crippen LogP contribution in [-0.2, 0) is 39.0 Å². The van der Waals surface area contributed by atoms with Gasteiger partial charge in [-0.05, 0) is 80.1 Å². The number of nitrogens with two attached hydrogens (primary N) is 1. The highest BCUT2D eigenvalue weighted by Gasteiger charge is 2.50. The number of aliphatic hydroxyl groups excluding tert-OH is 1. The fourth-order valence-electron chi connectivity index (χ4n) is 6.32. The normalized spacial score (nSPS) is 17.6. The van der Waals surface area contributed by atoms with Gasteiger partial charge in [-0.25, -0.2) is 21.9 Å². The first-order chi connectivity index (χ1) is 23.3. The van der Waals surface area contributed by atoms with Crippen LogP contribution in [0, 0.1) is 23.0 Å². The van der Waals surface area contributed by atoms with E-state index in [9.17, 15) is 31.9 Å². The van der Waals surface area contributed by atoms with E-state index in [0.29, 0.717) is 45.1 Å². The lowest BCUT2D eigenvalue weighted by atomic mass is 9.64. The van der Waals surface area contributed by atoms with Gasteiger partial charge in [0.05, 0.1) is 16.4 Å². The average molecular weight is 704 g/mol. The summed E-state index contributed by atoms with van der Waals surface area (Å²) in [5, 5.41) is 17.9. The molecule has 0 radical (unpaired) electrons. The summed E-state index contributed by atoms with van der Waals surface area (Å²) in [7, 11) is -2.62. The molecule has 270 valence electrons. The Balaban J connectivity index is 2.16. The Labute approximate surface area is 289 Å². The first kappa shape index (κ1) is 39.9. The number of primary amides is 1. The van der Waals surface area contributed by atoms with Gasteiger partial charge >= 0.3 is 0 Å². The molecule has 13 heteroatoms. The molecule has 1 aliphatic rings. The summed E-state index contributed by atoms with van der Waals surface area (Å²) in [5.74, 6) is -4.35. The number of carbonyl (C=O) groups excluding carboxylic acids is 2. The maximum Gasteiger partial charge on any atom is 0.249 e. The molecule has 10 nitrogen and oxygen atoms in total. The number of sulfonamides is 1. The zero-order valence-electron chi connectivity index (χ0n) is 28.9. The van der Waals surface area contributed by atoms with E-state index < -0.39 is 50.9 Å². The Kier molecular flexibility index (Phi) is 15.1. The highest BCUT2D eigenvalue weighted by molar-refractivity contribution is 7.93. The van der Waals surface area contributed by atoms with Crippen LogP contribution in [0.3, 0.4) is 0 Å². The molecule has 0 saturated heterocycles. The van der Waals surface area contributed by atoms with Gasteiger partial charge in [0.25, 0.3) is 0 Å². The quantitative estimate of drug-likeness (QED) is 0.133. The smallest absolute Gasteiger partial charge is 0.249 e. The van der Waals surface area contributed by atoms with Gasteiger partial charge in [-0.2, -0.15) is 0 Å². The highest BCUT2D eigenvalue weighted by atomic mass is 32.2. The van der Waals surface area contributed by atoms with Crippen LogP contribution in [0.2, 0.25) is 0 Å². The van der Waals surface area contributed by atoms with Crippen LogP contribution in [0.5, 0.6) is 0 Å². The molecule has 1 aliphatic carbocycles. The van der Waals surface area contributed by atoms with Gasteiger partial charge in [0, 0.05) is 56.8 Å². The summed E-state index contributed by atoms with van der Waals surface area (Å²) in [4.78, 5) is 29.0. The van der Waals surface area contributed by atoms with E-state index in [1.165, 1.54) is 12.2 Å². The molecule has 6 N–H and O–H groups in total. The van der Waals surface area contributed by atoms with Crippen molar-refractivity contribution < 1.29 is 31.9 Å². The SMILES string of the molecule is CCCN(CCC)C(=O)C1=CC(S(=O)(=O)NCCNC)=CC(C(N)=O)([C@H](Cc2cc(F)cc(F)c2)[C@@H](O)CNCc2cccc(CC)c2)C1. The van der Waals surface area contributed by atoms with Gasteiger partial charge in [0.1, 0.15) is 11.6 Å². The second-order valence-electron chi connectivity index (χ2n) is 12.6. The van der Waals surface area contributed by atoms with Crippen LogP contribution in [0.4, 0.5) is 8.78 Å². The number of hydrogen-bond donors (Lipinski definition) is 5. The van der Waals surface area contributed by atoms with Crippen LogP contribution in [0.1, 0.15) is 56.7 Å². The number of benzene rings is 2. The molecular formula is C36H51F2N5O5S. The molecule has 1 unspecified atom stereocenters. The van der Waals surface area contributed by atoms with Crippen molar-refractivity contribution in [1.82, 2.24) is 20.3 Å². The summed E-state index contributed by atoms with van der Waals surface area (Å²) in [6, 6.07) is 10.8. The lowest BCUT2D eigenvalue weighted by molar-refractivity contribution is -0.132. The number of amides is 2. The largest absolute Gasteiger partial charge is 0.391 e. The average Bonchev–Trinajstić information content (AvgIpc) is 3.06. The minimum Gasteiger partial charge on any atom is -0.391 e. The van der Waals surface area contributed by atoms with Crippen molar-refractivity contribution >= 4 is 21.8 Å². The monoisotopic (exact) mass is 703 g/mol. The number of aliphatic hydroxyl groups is 1. The van der Waals surface area contributed by atoms with E-state index in [1.807, 2.05) is 45.0 Å². The van der Waals surface area contributed by atoms with Gasteiger partial charge in [0.2, 0.25) is 21.8 Å². The standard InChI is InChI=1S/C36H51F2N5O5S/c1-5-13-43(14-6-2)34(45)28-19-31(49(47,48)42-12-11-40-4)22-36(21-28,35(39)46)32(18-27-16-29(37)20-30(38)17-27)33(44)24-41-23-26-10-8-9-25(7-3)15-26/h8-10,15-17,19-20,22,32-33,40-42,44H,5-7,11-14,18,21,23-24H2,1-4H3,(H2,39,46)/t32-,33+,36?/m1/s1. The molecule has 0 saturated carbocycles. The number of rotatable bonds is 20. The number of allylic oxidation sites excluding steroid dienone is 1. The van der Waals surface area contributed by atoms with Crippen LogP contribution >= 0.6 is 0 Å². The lowest BCUT2D eigenvalue weighted by Crippen LogP contribution is -2.52. The van der Waals surface area contributed by atoms with Crippen molar-refractivity contribution in [3.8, 4) is 0 Å². The second-order valence-corrected chi connectivity index (χ2v) is 14.3. The fourth-order valence-corrected chi connectivity index (χ4v) is 7.52. The van der Waals surface area contributed by atoms with Crippen LogP contribution in [0.25, 0.3) is 0 Å². The van der Waals surface area contributed by atoms with E-state index in [1.54, 1.807) is 11.9 Å². The maximum absolute atomic E-state index is 14.4. The molecular weight excluding hydrogens is 652 g/mol. The Hall–Kier alpha value is -3.49. The summed E-state index contributed by atoms with van der Waals surface area (Å²) in [5.41, 5.74) is 6.46. The van der Waals surface area contributed by atoms with Crippen LogP contribution in [0.15, 0.2) is 65.1 Å². The third-order valence-corrected chi connectivity index (χ3v) is 10.2. The Morgan fingerprint density at radius 3 is 2.24 bits per heavy atom. The zero-order valence-corrected chi connectivity index (χ0v) is 29.7. The van der Waals surface area contributed by atoms with Gasteiger partial charge in [-0.1, -0.05) is 45.0 Å². The minimum absolute atomic E-state index is 0.0203. The summed E-state index contributed by atoms with van der Waals surface area (Å²) < 4.78 is 58.7. The van der Waals surface area contributed by atoms with Crippen LogP contribution in [-0.4, -0.2) is 76.1 Å². The van der Waals surface area contributed by atoms with Crippen molar-refractivity contribution in [3.05, 3.63) is 93.4 Å². The molecule has 0 heterocycles. The molecule has 49 heavy (non-hydrogen) atoms. The predicted molar refractivity (Wildman–Crippen MR) is 188 cm³/mol. The maximum atomic E-state index is 14.4. The number of hydrogen-bond acceptors (Lipinski definition) is 7. The third-order valence-electron chi connectivity index (χ3n) is 8.77. The lowest BCUT2D eigenvalue weighted by Gasteiger charge is -2.42. The van der Waals surface area contributed by atoms with E-state index in [0.717, 1.165) is 29.7 Å². The van der Waals surface area contributed by atoms with Crippen molar-refractivity contribution in [2.24, 2.45) is 17.1 Å². The van der Waals surface area contributed by atoms with Crippen molar-refractivity contribution in [2.75, 3.05) is 39.8 Å². The van der Waals surface area contributed by atoms with Gasteiger partial charge in [-0.15, -0.1) is 0 Å². The van der Waals surface area contributed by atoms with E-state index >= 15 is 0 Å². The molecule has 3 atom stereocenters. The minimum atomic E-state index is -4.28. The molecule has 0 fully saturated rings. The third kappa shape index (κ3) is 10.7. The molecule has 2 aromatic carbocycles. The van der Waals surface area contributed by atoms with E-state index in [4.69, 9.17) is 5.73 Å². The molecule has 0 bridgehead atoms. The number of nitrogens with one attached hydrogen (secondary N) is 3. The summed E-state index contributed by atoms with van der Waals surface area (Å²) in [6.45, 7) is 7.29. The van der Waals surface area contributed by atoms with E-state index in [2.05, 4.69) is 15.4 Å². The summed E-state index contributed by atoms with van der Waals surface area (Å²) in [6.07, 6.45) is 2.64. The van der Waals surface area contributed by atoms with Crippen LogP contribution < -0.4 is 21.1 Å². The zero-order chi connectivity index (χ0) is 36.2. The Morgan fingerprint density at radius 2 is 1.65 bits per heavy atom. The molecule has 2 aromatic rings. The summed E-state index contributed by atoms with van der Waals surface area (Å²) >= 11 is 0. The predicted octanol–water partition coefficient (Wildman–Crippen LogP) is 3.31. The molecule has 0 aromatic heterocycles. The molecule has 2 amide bonds. The topological polar surface area (TPSA) is 154 Å². The number of carbonyl (C=O) groups is 2. The van der Waals surface area contributed by atoms with Crippen molar-refractivity contribution in [2.45, 2.75) is 65.5 Å².